The third kappa shape index (κ3) is 4.73. The maximum atomic E-state index is 12.7. The zero-order chi connectivity index (χ0) is 22.6. The standard InChI is InChI=1S/C26H28N6O/c1-2-30-13-15-31(16-14-30)23-6-3-5-21(18-23)29-25(33)17-20-8-10-22(11-9-20)32-19-28-24-7-4-12-27-26(24)32/h3-12,18-19H,2,13-17H2,1H3,(H,29,33). The van der Waals surface area contributed by atoms with Gasteiger partial charge in [0.15, 0.2) is 5.65 Å². The first-order chi connectivity index (χ1) is 16.2. The van der Waals surface area contributed by atoms with Crippen LogP contribution in [0.1, 0.15) is 12.5 Å². The number of rotatable bonds is 6. The van der Waals surface area contributed by atoms with Gasteiger partial charge in [-0.2, -0.15) is 0 Å². The van der Waals surface area contributed by atoms with Gasteiger partial charge < -0.3 is 15.1 Å². The maximum absolute atomic E-state index is 12.7. The van der Waals surface area contributed by atoms with E-state index in [1.165, 1.54) is 0 Å². The summed E-state index contributed by atoms with van der Waals surface area (Å²) in [6, 6.07) is 19.9. The molecule has 2 aromatic carbocycles. The number of hydrogen-bond donors (Lipinski definition) is 1. The Morgan fingerprint density at radius 1 is 0.939 bits per heavy atom. The van der Waals surface area contributed by atoms with Crippen molar-refractivity contribution in [1.29, 1.82) is 0 Å². The number of piperazine rings is 1. The molecule has 1 N–H and O–H groups in total. The van der Waals surface area contributed by atoms with Gasteiger partial charge in [0.05, 0.1) is 6.42 Å². The Morgan fingerprint density at radius 3 is 2.55 bits per heavy atom. The van der Waals surface area contributed by atoms with Gasteiger partial charge in [-0.05, 0) is 54.6 Å². The summed E-state index contributed by atoms with van der Waals surface area (Å²) >= 11 is 0. The van der Waals surface area contributed by atoms with Crippen molar-refractivity contribution in [3.8, 4) is 5.69 Å². The molecule has 1 aliphatic heterocycles. The number of pyridine rings is 1. The molecule has 0 saturated carbocycles. The average Bonchev–Trinajstić information content (AvgIpc) is 3.29. The number of amides is 1. The first kappa shape index (κ1) is 21.2. The molecule has 33 heavy (non-hydrogen) atoms. The van der Waals surface area contributed by atoms with E-state index >= 15 is 0 Å². The van der Waals surface area contributed by atoms with E-state index in [-0.39, 0.29) is 5.91 Å². The predicted octanol–water partition coefficient (Wildman–Crippen LogP) is 3.74. The lowest BCUT2D eigenvalue weighted by molar-refractivity contribution is -0.115. The minimum Gasteiger partial charge on any atom is -0.369 e. The molecule has 7 heteroatoms. The van der Waals surface area contributed by atoms with E-state index in [2.05, 4.69) is 44.1 Å². The van der Waals surface area contributed by atoms with Crippen LogP contribution in [-0.2, 0) is 11.2 Å². The first-order valence-corrected chi connectivity index (χ1v) is 11.4. The van der Waals surface area contributed by atoms with Crippen LogP contribution in [0.4, 0.5) is 11.4 Å². The summed E-state index contributed by atoms with van der Waals surface area (Å²) in [6.07, 6.45) is 3.86. The number of likely N-dealkylation sites (N-methyl/N-ethyl adjacent to an activating group) is 1. The fraction of sp³-hybridized carbons (Fsp3) is 0.269. The summed E-state index contributed by atoms with van der Waals surface area (Å²) in [6.45, 7) is 7.48. The molecule has 1 fully saturated rings. The molecule has 0 aliphatic carbocycles. The Labute approximate surface area is 193 Å². The number of carbonyl (C=O) groups excluding carboxylic acids is 1. The van der Waals surface area contributed by atoms with E-state index in [4.69, 9.17) is 0 Å². The molecule has 0 bridgehead atoms. The van der Waals surface area contributed by atoms with E-state index in [9.17, 15) is 4.79 Å². The molecule has 1 amide bonds. The fourth-order valence-corrected chi connectivity index (χ4v) is 4.31. The van der Waals surface area contributed by atoms with Crippen molar-refractivity contribution < 1.29 is 4.79 Å². The minimum atomic E-state index is -0.0227. The molecule has 168 valence electrons. The van der Waals surface area contributed by atoms with E-state index in [0.717, 1.165) is 66.5 Å². The van der Waals surface area contributed by atoms with Gasteiger partial charge in [-0.1, -0.05) is 25.1 Å². The number of fused-ring (bicyclic) bond motifs is 1. The molecule has 0 radical (unpaired) electrons. The number of hydrogen-bond acceptors (Lipinski definition) is 5. The quantitative estimate of drug-likeness (QED) is 0.495. The van der Waals surface area contributed by atoms with Crippen molar-refractivity contribution in [1.82, 2.24) is 19.4 Å². The molecule has 0 unspecified atom stereocenters. The summed E-state index contributed by atoms with van der Waals surface area (Å²) in [5.74, 6) is -0.0227. The van der Waals surface area contributed by atoms with E-state index in [0.29, 0.717) is 6.42 Å². The van der Waals surface area contributed by atoms with Crippen molar-refractivity contribution >= 4 is 28.4 Å². The lowest BCUT2D eigenvalue weighted by Gasteiger charge is -2.35. The third-order valence-electron chi connectivity index (χ3n) is 6.20. The molecule has 1 saturated heterocycles. The first-order valence-electron chi connectivity index (χ1n) is 11.4. The molecule has 1 aliphatic rings. The summed E-state index contributed by atoms with van der Waals surface area (Å²) in [5.41, 5.74) is 5.60. The van der Waals surface area contributed by atoms with Gasteiger partial charge in [0.1, 0.15) is 11.8 Å². The molecule has 7 nitrogen and oxygen atoms in total. The van der Waals surface area contributed by atoms with Gasteiger partial charge >= 0.3 is 0 Å². The van der Waals surface area contributed by atoms with Crippen LogP contribution in [0, 0.1) is 0 Å². The van der Waals surface area contributed by atoms with E-state index in [1.807, 2.05) is 53.1 Å². The molecule has 3 heterocycles. The van der Waals surface area contributed by atoms with Gasteiger partial charge in [0, 0.05) is 49.4 Å². The predicted molar refractivity (Wildman–Crippen MR) is 132 cm³/mol. The van der Waals surface area contributed by atoms with Gasteiger partial charge in [-0.3, -0.25) is 9.36 Å². The molecule has 0 spiro atoms. The van der Waals surface area contributed by atoms with E-state index in [1.54, 1.807) is 12.5 Å². The Bertz CT molecular complexity index is 1240. The highest BCUT2D eigenvalue weighted by atomic mass is 16.1. The van der Waals surface area contributed by atoms with Crippen LogP contribution in [0.5, 0.6) is 0 Å². The number of aromatic nitrogens is 3. The maximum Gasteiger partial charge on any atom is 0.228 e. The third-order valence-corrected chi connectivity index (χ3v) is 6.20. The minimum absolute atomic E-state index is 0.0227. The Kier molecular flexibility index (Phi) is 6.04. The Morgan fingerprint density at radius 2 is 1.76 bits per heavy atom. The van der Waals surface area contributed by atoms with Crippen LogP contribution in [0.25, 0.3) is 16.9 Å². The van der Waals surface area contributed by atoms with Crippen molar-refractivity contribution in [3.05, 3.63) is 78.8 Å². The molecular formula is C26H28N6O. The highest BCUT2D eigenvalue weighted by Gasteiger charge is 2.16. The fourth-order valence-electron chi connectivity index (χ4n) is 4.31. The number of carbonyl (C=O) groups is 1. The summed E-state index contributed by atoms with van der Waals surface area (Å²) < 4.78 is 1.95. The average molecular weight is 441 g/mol. The van der Waals surface area contributed by atoms with Crippen molar-refractivity contribution in [2.75, 3.05) is 42.9 Å². The second-order valence-electron chi connectivity index (χ2n) is 8.32. The van der Waals surface area contributed by atoms with Crippen LogP contribution in [0.2, 0.25) is 0 Å². The van der Waals surface area contributed by atoms with Crippen molar-refractivity contribution in [3.63, 3.8) is 0 Å². The number of benzene rings is 2. The molecule has 2 aromatic heterocycles. The number of imidazole rings is 1. The molecule has 5 rings (SSSR count). The number of nitrogens with one attached hydrogen (secondary N) is 1. The van der Waals surface area contributed by atoms with Gasteiger partial charge in [0.2, 0.25) is 5.91 Å². The highest BCUT2D eigenvalue weighted by molar-refractivity contribution is 5.92. The van der Waals surface area contributed by atoms with Crippen LogP contribution in [-0.4, -0.2) is 58.1 Å². The zero-order valence-corrected chi connectivity index (χ0v) is 18.8. The summed E-state index contributed by atoms with van der Waals surface area (Å²) in [4.78, 5) is 26.3. The van der Waals surface area contributed by atoms with Gasteiger partial charge in [-0.25, -0.2) is 9.97 Å². The van der Waals surface area contributed by atoms with Crippen LogP contribution < -0.4 is 10.2 Å². The highest BCUT2D eigenvalue weighted by Crippen LogP contribution is 2.22. The summed E-state index contributed by atoms with van der Waals surface area (Å²) in [7, 11) is 0. The SMILES string of the molecule is CCN1CCN(c2cccc(NC(=O)Cc3ccc(-n4cnc5cccnc54)cc3)c2)CC1. The molecule has 4 aromatic rings. The van der Waals surface area contributed by atoms with Gasteiger partial charge in [-0.15, -0.1) is 0 Å². The van der Waals surface area contributed by atoms with Crippen molar-refractivity contribution in [2.45, 2.75) is 13.3 Å². The van der Waals surface area contributed by atoms with Crippen molar-refractivity contribution in [2.24, 2.45) is 0 Å². The lowest BCUT2D eigenvalue weighted by Crippen LogP contribution is -2.46. The Balaban J connectivity index is 1.22. The Hall–Kier alpha value is -3.71. The number of anilines is 2. The van der Waals surface area contributed by atoms with E-state index < -0.39 is 0 Å². The number of nitrogens with zero attached hydrogens (tertiary/aromatic N) is 5. The zero-order valence-electron chi connectivity index (χ0n) is 18.8. The second-order valence-corrected chi connectivity index (χ2v) is 8.32. The van der Waals surface area contributed by atoms with Gasteiger partial charge in [0.25, 0.3) is 0 Å². The second kappa shape index (κ2) is 9.42. The largest absolute Gasteiger partial charge is 0.369 e. The van der Waals surface area contributed by atoms with Crippen LogP contribution >= 0.6 is 0 Å². The molecular weight excluding hydrogens is 412 g/mol. The molecule has 0 atom stereocenters. The topological polar surface area (TPSA) is 66.3 Å². The normalized spacial score (nSPS) is 14.5. The van der Waals surface area contributed by atoms with Crippen LogP contribution in [0.3, 0.4) is 0 Å². The summed E-state index contributed by atoms with van der Waals surface area (Å²) in [5, 5.41) is 3.05. The van der Waals surface area contributed by atoms with Crippen LogP contribution in [0.15, 0.2) is 73.2 Å². The smallest absolute Gasteiger partial charge is 0.228 e. The monoisotopic (exact) mass is 440 g/mol. The lowest BCUT2D eigenvalue weighted by atomic mass is 10.1.